The molecular formula is C35H37FN12O2. The van der Waals surface area contributed by atoms with E-state index in [1.165, 1.54) is 17.0 Å². The minimum absolute atomic E-state index is 0.162. The van der Waals surface area contributed by atoms with E-state index in [2.05, 4.69) is 51.8 Å². The maximum atomic E-state index is 13.8. The molecule has 0 radical (unpaired) electrons. The third-order valence-corrected chi connectivity index (χ3v) is 8.25. The molecule has 2 amide bonds. The van der Waals surface area contributed by atoms with Crippen molar-refractivity contribution >= 4 is 46.9 Å². The topological polar surface area (TPSA) is 171 Å². The fourth-order valence-corrected chi connectivity index (χ4v) is 5.64. The first-order valence-corrected chi connectivity index (χ1v) is 16.1. The summed E-state index contributed by atoms with van der Waals surface area (Å²) >= 11 is 0. The smallest absolute Gasteiger partial charge is 0.244 e. The molecule has 6 rings (SSSR count). The maximum Gasteiger partial charge on any atom is 0.244 e. The van der Waals surface area contributed by atoms with Gasteiger partial charge in [0.2, 0.25) is 30.2 Å². The van der Waals surface area contributed by atoms with Gasteiger partial charge in [-0.1, -0.05) is 24.3 Å². The highest BCUT2D eigenvalue weighted by molar-refractivity contribution is 5.84. The highest BCUT2D eigenvalue weighted by Crippen LogP contribution is 2.21. The molecular weight excluding hydrogens is 639 g/mol. The van der Waals surface area contributed by atoms with E-state index >= 15 is 0 Å². The van der Waals surface area contributed by atoms with Crippen LogP contribution in [0.1, 0.15) is 22.5 Å². The second-order valence-electron chi connectivity index (χ2n) is 12.2. The van der Waals surface area contributed by atoms with Gasteiger partial charge in [-0.05, 0) is 53.6 Å². The van der Waals surface area contributed by atoms with Crippen LogP contribution in [0.15, 0.2) is 66.7 Å². The fraction of sp³-hybridized carbons (Fsp3) is 0.286. The van der Waals surface area contributed by atoms with Gasteiger partial charge in [-0.25, -0.2) is 9.37 Å². The van der Waals surface area contributed by atoms with Crippen LogP contribution in [0.2, 0.25) is 0 Å². The van der Waals surface area contributed by atoms with Crippen LogP contribution in [-0.2, 0) is 29.1 Å². The van der Waals surface area contributed by atoms with Gasteiger partial charge in [0.15, 0.2) is 0 Å². The highest BCUT2D eigenvalue weighted by Gasteiger charge is 2.23. The Hall–Kier alpha value is -6.14. The third kappa shape index (κ3) is 8.65. The van der Waals surface area contributed by atoms with E-state index in [0.717, 1.165) is 42.9 Å². The number of hydrogen-bond donors (Lipinski definition) is 4. The number of aromatic amines is 1. The summed E-state index contributed by atoms with van der Waals surface area (Å²) < 4.78 is 13.8. The average molecular weight is 677 g/mol. The summed E-state index contributed by atoms with van der Waals surface area (Å²) in [5.41, 5.74) is 4.42. The molecule has 4 N–H and O–H groups in total. The zero-order valence-corrected chi connectivity index (χ0v) is 27.7. The monoisotopic (exact) mass is 676 g/mol. The van der Waals surface area contributed by atoms with Gasteiger partial charge in [0.1, 0.15) is 17.7 Å². The maximum absolute atomic E-state index is 13.8. The van der Waals surface area contributed by atoms with Crippen LogP contribution in [-0.4, -0.2) is 98.3 Å². The van der Waals surface area contributed by atoms with Crippen molar-refractivity contribution in [3.8, 4) is 6.07 Å². The van der Waals surface area contributed by atoms with Gasteiger partial charge in [0, 0.05) is 58.9 Å². The molecule has 2 aromatic heterocycles. The molecule has 15 heteroatoms. The van der Waals surface area contributed by atoms with Gasteiger partial charge in [0.25, 0.3) is 0 Å². The zero-order valence-electron chi connectivity index (χ0n) is 27.7. The number of nitrogens with zero attached hydrogens (tertiary/aromatic N) is 8. The molecule has 0 aliphatic carbocycles. The molecule has 0 saturated carbocycles. The van der Waals surface area contributed by atoms with Crippen LogP contribution in [0.5, 0.6) is 0 Å². The van der Waals surface area contributed by atoms with E-state index in [0.29, 0.717) is 41.9 Å². The number of anilines is 4. The Balaban J connectivity index is 1.25. The van der Waals surface area contributed by atoms with Crippen LogP contribution in [0, 0.1) is 17.1 Å². The number of hydrogen-bond acceptors (Lipinski definition) is 11. The first-order chi connectivity index (χ1) is 24.2. The molecule has 14 nitrogen and oxygen atoms in total. The van der Waals surface area contributed by atoms with Gasteiger partial charge in [0.05, 0.1) is 29.2 Å². The molecule has 256 valence electrons. The number of H-pyrrole nitrogens is 1. The van der Waals surface area contributed by atoms with Crippen LogP contribution in [0.25, 0.3) is 11.0 Å². The Bertz CT molecular complexity index is 2000. The number of carbonyl (C=O) groups excluding carboxylic acids is 2. The number of amides is 2. The predicted molar refractivity (Wildman–Crippen MR) is 187 cm³/mol. The van der Waals surface area contributed by atoms with Crippen LogP contribution >= 0.6 is 0 Å². The lowest BCUT2D eigenvalue weighted by molar-refractivity contribution is -0.129. The van der Waals surface area contributed by atoms with E-state index in [1.807, 2.05) is 36.4 Å². The summed E-state index contributed by atoms with van der Waals surface area (Å²) in [6.45, 7) is 3.92. The molecule has 0 spiro atoms. The number of piperazine rings is 1. The summed E-state index contributed by atoms with van der Waals surface area (Å²) in [5.74, 6) is 0.623. The SMILES string of the molecule is CN(C)C(=O)[C@H](Cc1ccc(C#N)cc1)Nc1nc(NCc2nc3ccc(F)cc3[nH]2)nc(Nc2cccc(CN3CCN(C=O)CC3)c2)n1. The Morgan fingerprint density at radius 2 is 1.74 bits per heavy atom. The number of likely N-dealkylation sites (N-methyl/N-ethyl adjacent to an activating group) is 1. The van der Waals surface area contributed by atoms with Crippen LogP contribution < -0.4 is 16.0 Å². The second kappa shape index (κ2) is 15.4. The lowest BCUT2D eigenvalue weighted by atomic mass is 10.0. The fourth-order valence-electron chi connectivity index (χ4n) is 5.64. The summed E-state index contributed by atoms with van der Waals surface area (Å²) in [6, 6.07) is 20.7. The van der Waals surface area contributed by atoms with Gasteiger partial charge in [-0.2, -0.15) is 20.2 Å². The van der Waals surface area contributed by atoms with Crippen molar-refractivity contribution in [3.05, 3.63) is 95.1 Å². The first-order valence-electron chi connectivity index (χ1n) is 16.1. The molecule has 3 aromatic carbocycles. The standard InChI is InChI=1S/C35H37FN12O2/c1-46(2)32(50)30(17-23-6-8-24(19-37)9-7-23)42-35-44-33(38-20-31-40-28-11-10-26(36)18-29(28)41-31)43-34(45-35)39-27-5-3-4-25(16-27)21-47-12-14-48(22-49)15-13-47/h3-11,16,18,22,30H,12-15,17,20-21H2,1-2H3,(H,40,41)(H3,38,39,42,43,44,45)/t30-/m0/s1. The molecule has 3 heterocycles. The predicted octanol–water partition coefficient (Wildman–Crippen LogP) is 3.50. The minimum atomic E-state index is -0.727. The molecule has 5 aromatic rings. The molecule has 1 atom stereocenters. The lowest BCUT2D eigenvalue weighted by Gasteiger charge is -2.32. The van der Waals surface area contributed by atoms with Crippen molar-refractivity contribution in [3.63, 3.8) is 0 Å². The number of imidazole rings is 1. The van der Waals surface area contributed by atoms with Gasteiger partial charge in [-0.15, -0.1) is 0 Å². The number of benzene rings is 3. The number of aromatic nitrogens is 5. The Morgan fingerprint density at radius 1 is 0.980 bits per heavy atom. The molecule has 1 saturated heterocycles. The van der Waals surface area contributed by atoms with Crippen LogP contribution in [0.3, 0.4) is 0 Å². The quantitative estimate of drug-likeness (QED) is 0.135. The van der Waals surface area contributed by atoms with Crippen molar-refractivity contribution in [1.29, 1.82) is 5.26 Å². The van der Waals surface area contributed by atoms with Gasteiger partial charge >= 0.3 is 0 Å². The molecule has 1 fully saturated rings. The van der Waals surface area contributed by atoms with E-state index < -0.39 is 6.04 Å². The van der Waals surface area contributed by atoms with Crippen molar-refractivity contribution in [2.24, 2.45) is 0 Å². The number of carbonyl (C=O) groups is 2. The average Bonchev–Trinajstić information content (AvgIpc) is 3.53. The molecule has 50 heavy (non-hydrogen) atoms. The Morgan fingerprint density at radius 3 is 2.48 bits per heavy atom. The molecule has 1 aliphatic rings. The third-order valence-electron chi connectivity index (χ3n) is 8.25. The van der Waals surface area contributed by atoms with E-state index in [9.17, 15) is 19.2 Å². The molecule has 0 bridgehead atoms. The van der Waals surface area contributed by atoms with E-state index in [4.69, 9.17) is 0 Å². The lowest BCUT2D eigenvalue weighted by Crippen LogP contribution is -2.45. The Labute approximate surface area is 288 Å². The number of nitriles is 1. The number of nitrogens with one attached hydrogen (secondary N) is 4. The second-order valence-corrected chi connectivity index (χ2v) is 12.2. The van der Waals surface area contributed by atoms with Crippen molar-refractivity contribution in [2.75, 3.05) is 56.2 Å². The molecule has 0 unspecified atom stereocenters. The highest BCUT2D eigenvalue weighted by atomic mass is 19.1. The minimum Gasteiger partial charge on any atom is -0.347 e. The number of fused-ring (bicyclic) bond motifs is 1. The summed E-state index contributed by atoms with van der Waals surface area (Å²) in [5, 5.41) is 18.9. The summed E-state index contributed by atoms with van der Waals surface area (Å²) in [4.78, 5) is 51.5. The first kappa shape index (κ1) is 33.7. The normalized spacial score (nSPS) is 13.8. The summed E-state index contributed by atoms with van der Waals surface area (Å²) in [6.07, 6.45) is 1.21. The van der Waals surface area contributed by atoms with E-state index in [-0.39, 0.29) is 36.1 Å². The number of halogens is 1. The van der Waals surface area contributed by atoms with Crippen LogP contribution in [0.4, 0.5) is 27.9 Å². The Kier molecular flexibility index (Phi) is 10.4. The van der Waals surface area contributed by atoms with Crippen molar-refractivity contribution in [1.82, 2.24) is 39.6 Å². The largest absolute Gasteiger partial charge is 0.347 e. The number of rotatable bonds is 13. The van der Waals surface area contributed by atoms with E-state index in [1.54, 1.807) is 37.2 Å². The summed E-state index contributed by atoms with van der Waals surface area (Å²) in [7, 11) is 3.36. The van der Waals surface area contributed by atoms with Crippen molar-refractivity contribution < 1.29 is 14.0 Å². The molecule has 1 aliphatic heterocycles. The van der Waals surface area contributed by atoms with Crippen molar-refractivity contribution in [2.45, 2.75) is 25.6 Å². The zero-order chi connectivity index (χ0) is 35.0. The van der Waals surface area contributed by atoms with Gasteiger partial charge < -0.3 is 30.7 Å². The van der Waals surface area contributed by atoms with Gasteiger partial charge in [-0.3, -0.25) is 14.5 Å².